The molecule has 18 unspecified atom stereocenters. The van der Waals surface area contributed by atoms with Crippen LogP contribution in [0.3, 0.4) is 0 Å². The molecule has 6 aromatic rings. The highest BCUT2D eigenvalue weighted by Gasteiger charge is 2.53. The van der Waals surface area contributed by atoms with E-state index < -0.39 is 261 Å². The number of hydroxylamine groups is 1. The van der Waals surface area contributed by atoms with Gasteiger partial charge < -0.3 is 133 Å². The van der Waals surface area contributed by atoms with Gasteiger partial charge in [-0.25, -0.2) is 19.1 Å². The third kappa shape index (κ3) is 21.9. The fourth-order valence-electron chi connectivity index (χ4n) is 15.5. The monoisotopic (exact) mass is 1840 g/mol. The number of amides is 10. The number of phenolic OH excluding ortho intramolecular Hbond substituents is 3. The fraction of sp³-hybridized carbons (Fsp3) is 0.451. The Bertz CT molecular complexity index is 5090. The Morgan fingerprint density at radius 3 is 1.96 bits per heavy atom. The number of aliphatic hydroxyl groups is 6. The second-order valence-electron chi connectivity index (χ2n) is 31.6. The van der Waals surface area contributed by atoms with Crippen LogP contribution < -0.4 is 73.3 Å². The Labute approximate surface area is 738 Å². The van der Waals surface area contributed by atoms with Crippen LogP contribution in [0.1, 0.15) is 111 Å². The average Bonchev–Trinajstić information content (AvgIpc) is 0.763. The summed E-state index contributed by atoms with van der Waals surface area (Å²) < 4.78 is 66.6. The first kappa shape index (κ1) is 94.8. The maximum atomic E-state index is 16.3. The van der Waals surface area contributed by atoms with E-state index in [4.69, 9.17) is 85.4 Å². The molecule has 0 saturated carbocycles. The van der Waals surface area contributed by atoms with Gasteiger partial charge in [0.05, 0.1) is 51.4 Å². The maximum Gasteiger partial charge on any atom is 0.317 e. The largest absolute Gasteiger partial charge is 0.508 e. The summed E-state index contributed by atoms with van der Waals surface area (Å²) in [7, 11) is 1.46. The summed E-state index contributed by atoms with van der Waals surface area (Å²) in [6, 6.07) is 3.34. The molecule has 8 aliphatic heterocycles. The van der Waals surface area contributed by atoms with Gasteiger partial charge in [0.1, 0.15) is 102 Å². The number of aliphatic hydroxyl groups excluding tert-OH is 6. The predicted molar refractivity (Wildman–Crippen MR) is 442 cm³/mol. The molecule has 0 spiro atoms. The van der Waals surface area contributed by atoms with E-state index in [1.807, 2.05) is 0 Å². The van der Waals surface area contributed by atoms with Crippen LogP contribution in [0, 0.1) is 5.92 Å². The van der Waals surface area contributed by atoms with Gasteiger partial charge in [0.25, 0.3) is 12.3 Å². The van der Waals surface area contributed by atoms with Gasteiger partial charge >= 0.3 is 6.03 Å². The van der Waals surface area contributed by atoms with Crippen LogP contribution in [-0.4, -0.2) is 254 Å². The van der Waals surface area contributed by atoms with Gasteiger partial charge in [0, 0.05) is 75.0 Å². The molecule has 21 N–H and O–H groups in total. The van der Waals surface area contributed by atoms with E-state index in [-0.39, 0.29) is 54.8 Å². The van der Waals surface area contributed by atoms with Crippen LogP contribution >= 0.6 is 46.4 Å². The predicted octanol–water partition coefficient (Wildman–Crippen LogP) is 2.80. The number of phenols is 3. The maximum absolute atomic E-state index is 16.3. The molecule has 14 rings (SSSR count). The van der Waals surface area contributed by atoms with Crippen molar-refractivity contribution in [3.05, 3.63) is 151 Å². The Morgan fingerprint density at radius 1 is 0.690 bits per heavy atom. The van der Waals surface area contributed by atoms with Gasteiger partial charge in [0.2, 0.25) is 53.4 Å². The molecule has 0 aromatic heterocycles. The third-order valence-electron chi connectivity index (χ3n) is 22.2. The number of alkyl halides is 2. The lowest BCUT2D eigenvalue weighted by molar-refractivity contribution is -0.334. The van der Waals surface area contributed by atoms with E-state index in [9.17, 15) is 73.9 Å². The summed E-state index contributed by atoms with van der Waals surface area (Å²) >= 11 is 26.6. The minimum atomic E-state index is -3.18. The SMILES string of the molecule is CNC(CC(C)C)C(=O)NC1C(=O)NC(CC(N)=O)C(=O)NC2C(=O)NC3C(=O)NC(C(=O)NC(C(=O)NOCC(F)F)c4cc(O)cc(O)c4-c4cc3ccc4O)C(O)c3ccc(c(Cl)c3)Oc3cc2cc(c3OC2OC(CO)C(O)C(O)C2OC2CC(C)(NCCN3CCN(C(=O)NCc4ccc(Cl)c(Cl)c4)CC3)C(O)C(C)O2)Oc2ccc(cc2Cl)C1O. The van der Waals surface area contributed by atoms with Gasteiger partial charge in [-0.3, -0.25) is 48.1 Å². The molecule has 44 heteroatoms. The molecule has 6 aromatic carbocycles. The molecule has 38 nitrogen and oxygen atoms in total. The van der Waals surface area contributed by atoms with E-state index in [2.05, 4.69) is 52.8 Å². The van der Waals surface area contributed by atoms with Gasteiger partial charge in [-0.05, 0) is 133 Å². The van der Waals surface area contributed by atoms with Gasteiger partial charge in [-0.1, -0.05) is 84.5 Å². The summed E-state index contributed by atoms with van der Waals surface area (Å²) in [6.45, 7) is 7.05. The number of ether oxygens (including phenoxy) is 6. The number of nitrogens with one attached hydrogen (secondary N) is 10. The minimum absolute atomic E-state index is 0.129. The molecule has 8 aliphatic rings. The highest BCUT2D eigenvalue weighted by molar-refractivity contribution is 6.42. The Morgan fingerprint density at radius 2 is 1.33 bits per heavy atom. The van der Waals surface area contributed by atoms with Crippen molar-refractivity contribution in [3.8, 4) is 57.1 Å². The van der Waals surface area contributed by atoms with Crippen molar-refractivity contribution in [2.75, 3.05) is 59.5 Å². The van der Waals surface area contributed by atoms with Crippen molar-refractivity contribution in [2.45, 2.75) is 169 Å². The summed E-state index contributed by atoms with van der Waals surface area (Å²) in [6.07, 6.45) is -22.3. The molecule has 11 bridgehead atoms. The molecule has 18 atom stereocenters. The normalized spacial score (nSPS) is 26.8. The highest BCUT2D eigenvalue weighted by Crippen LogP contribution is 2.50. The summed E-state index contributed by atoms with van der Waals surface area (Å²) in [5.41, 5.74) is 3.82. The average molecular weight is 1840 g/mol. The van der Waals surface area contributed by atoms with E-state index in [1.165, 1.54) is 19.2 Å². The number of halogens is 6. The Kier molecular flexibility index (Phi) is 30.6. The highest BCUT2D eigenvalue weighted by atomic mass is 35.5. The number of carbonyl (C=O) groups is 9. The third-order valence-corrected chi connectivity index (χ3v) is 23.5. The minimum Gasteiger partial charge on any atom is -0.508 e. The first-order chi connectivity index (χ1) is 59.8. The molecule has 10 amide bonds. The van der Waals surface area contributed by atoms with Crippen LogP contribution in [0.2, 0.25) is 20.1 Å². The van der Waals surface area contributed by atoms with Crippen molar-refractivity contribution >= 4 is 99.7 Å². The van der Waals surface area contributed by atoms with Crippen molar-refractivity contribution in [3.63, 3.8) is 0 Å². The number of nitrogens with zero attached hydrogens (tertiary/aromatic N) is 2. The lowest BCUT2D eigenvalue weighted by Crippen LogP contribution is -2.66. The number of fused-ring (bicyclic) bond motifs is 15. The van der Waals surface area contributed by atoms with Crippen molar-refractivity contribution in [1.82, 2.24) is 63.1 Å². The van der Waals surface area contributed by atoms with Crippen LogP contribution in [0.5, 0.6) is 46.0 Å². The molecular formula is C82H95Cl4F2N13O25. The van der Waals surface area contributed by atoms with Crippen molar-refractivity contribution in [1.29, 1.82) is 0 Å². The molecule has 3 saturated heterocycles. The van der Waals surface area contributed by atoms with Gasteiger partial charge in [-0.15, -0.1) is 0 Å². The van der Waals surface area contributed by atoms with Crippen LogP contribution in [-0.2, 0) is 63.9 Å². The quantitative estimate of drug-likeness (QED) is 0.0434. The number of hydrogen-bond donors (Lipinski definition) is 20. The number of hydrogen-bond acceptors (Lipinski definition) is 28. The lowest BCUT2D eigenvalue weighted by atomic mass is 9.85. The first-order valence-electron chi connectivity index (χ1n) is 39.9. The number of carbonyl (C=O) groups excluding carboxylic acids is 9. The van der Waals surface area contributed by atoms with E-state index in [1.54, 1.807) is 56.3 Å². The number of aromatic hydroxyl groups is 3. The van der Waals surface area contributed by atoms with Crippen molar-refractivity contribution in [2.24, 2.45) is 11.7 Å². The second kappa shape index (κ2) is 40.7. The summed E-state index contributed by atoms with van der Waals surface area (Å²) in [4.78, 5) is 142. The second-order valence-corrected chi connectivity index (χ2v) is 33.2. The number of piperazine rings is 1. The number of rotatable bonds is 22. The number of likely N-dealkylation sites (N-methyl/N-ethyl adjacent to an activating group) is 1. The zero-order valence-electron chi connectivity index (χ0n) is 68.0. The molecule has 680 valence electrons. The Balaban J connectivity index is 0.984. The van der Waals surface area contributed by atoms with Gasteiger partial charge in [0.15, 0.2) is 23.9 Å². The molecule has 0 radical (unpaired) electrons. The number of primary amides is 1. The number of nitrogens with two attached hydrogens (primary N) is 1. The van der Waals surface area contributed by atoms with E-state index in [0.717, 1.165) is 72.3 Å². The molecule has 3 fully saturated rings. The smallest absolute Gasteiger partial charge is 0.317 e. The van der Waals surface area contributed by atoms with Crippen molar-refractivity contribution < 1.29 is 131 Å². The fourth-order valence-corrected chi connectivity index (χ4v) is 16.3. The van der Waals surface area contributed by atoms with E-state index in [0.29, 0.717) is 42.8 Å². The number of urea groups is 1. The lowest BCUT2D eigenvalue weighted by Gasteiger charge is -2.48. The summed E-state index contributed by atoms with van der Waals surface area (Å²) in [5.74, 6) is -16.4. The van der Waals surface area contributed by atoms with Crippen LogP contribution in [0.25, 0.3) is 11.1 Å². The van der Waals surface area contributed by atoms with Crippen LogP contribution in [0.4, 0.5) is 13.6 Å². The Hall–Kier alpha value is -10.3. The topological polar surface area (TPSA) is 553 Å². The molecular weight excluding hydrogens is 1750 g/mol. The summed E-state index contributed by atoms with van der Waals surface area (Å²) in [5, 5.41) is 130. The zero-order valence-corrected chi connectivity index (χ0v) is 71.0. The first-order valence-corrected chi connectivity index (χ1v) is 41.4. The molecule has 0 aliphatic carbocycles. The molecule has 126 heavy (non-hydrogen) atoms. The van der Waals surface area contributed by atoms with Gasteiger partial charge in [-0.2, -0.15) is 0 Å². The standard InChI is InChI=1S/C82H95Cl4F2N13O25/c1-34(2)20-48(90-5)73(112)97-64-66(107)38-8-12-52(46(85)23-38)122-54-25-40-26-55(70(54)126-80-71(69(110)68(109)56(32-102)124-80)125-59-30-82(4,72(111)35(3)121-59)92-14-15-100-16-18-101(19-17-100)81(119)91-31-36-6-10-44(83)45(84)21-36)123-53-13-9-39(24-47(53)86)67(108)65-78(117)96-63(79(118)99-120-33-57(87)88)43-27-41(103)28-51(105)60(43)42-22-37(7-11-50(42)104)61(75(114)98-65)95-76(115)62(40)94-74(113)49(29-58(89)106)93-77(64)116/h6-13,21-28,34-35,48-49,56-57,59,61-69,71-72,80,90,92,102-105,107-111H,14-20,29-33H2,1-5H3,(H2,89,106)(H,91,119)(H,93,116)(H,94,113)(H,95,115)(H,96,117)(H,97,112)(H,98,114)(H,99,118). The van der Waals surface area contributed by atoms with Crippen LogP contribution in [0.15, 0.2) is 97.1 Å². The van der Waals surface area contributed by atoms with E-state index >= 15 is 24.0 Å². The zero-order chi connectivity index (χ0) is 91.2. The molecule has 8 heterocycles. The number of benzene rings is 6.